The molecule has 0 aliphatic rings. The number of hydrogen-bond acceptors (Lipinski definition) is 3. The van der Waals surface area contributed by atoms with E-state index in [9.17, 15) is 4.79 Å². The molecule has 1 aromatic heterocycles. The number of thiazole rings is 1. The van der Waals surface area contributed by atoms with E-state index in [2.05, 4.69) is 24.1 Å². The van der Waals surface area contributed by atoms with Gasteiger partial charge < -0.3 is 5.32 Å². The molecular formula is C20H19ClN2OS. The van der Waals surface area contributed by atoms with Crippen LogP contribution in [0.4, 0.5) is 5.69 Å². The van der Waals surface area contributed by atoms with Crippen molar-refractivity contribution in [3.63, 3.8) is 0 Å². The first-order valence-corrected chi connectivity index (χ1v) is 9.38. The fraction of sp³-hybridized carbons (Fsp3) is 0.200. The molecule has 1 N–H and O–H groups in total. The van der Waals surface area contributed by atoms with Crippen molar-refractivity contribution < 1.29 is 4.79 Å². The molecule has 0 unspecified atom stereocenters. The Kier molecular flexibility index (Phi) is 5.51. The summed E-state index contributed by atoms with van der Waals surface area (Å²) in [6.45, 7) is 4.22. The summed E-state index contributed by atoms with van der Waals surface area (Å²) in [6, 6.07) is 15.5. The smallest absolute Gasteiger partial charge is 0.230 e. The second-order valence-corrected chi connectivity index (χ2v) is 7.36. The Bertz CT molecular complexity index is 889. The highest BCUT2D eigenvalue weighted by Crippen LogP contribution is 2.30. The molecule has 0 aliphatic heterocycles. The Labute approximate surface area is 156 Å². The van der Waals surface area contributed by atoms with Crippen molar-refractivity contribution in [2.75, 3.05) is 5.32 Å². The molecule has 5 heteroatoms. The van der Waals surface area contributed by atoms with Crippen LogP contribution in [0.25, 0.3) is 10.6 Å². The van der Waals surface area contributed by atoms with Gasteiger partial charge in [-0.3, -0.25) is 4.79 Å². The molecule has 0 spiro atoms. The summed E-state index contributed by atoms with van der Waals surface area (Å²) in [6.07, 6.45) is 0.243. The van der Waals surface area contributed by atoms with E-state index in [4.69, 9.17) is 11.6 Å². The second-order valence-electron chi connectivity index (χ2n) is 6.09. The van der Waals surface area contributed by atoms with E-state index in [1.54, 1.807) is 0 Å². The first-order chi connectivity index (χ1) is 12.0. The SMILES string of the molecule is CC(C)c1ccccc1NC(=O)Cc1csc(-c2ccccc2Cl)n1. The van der Waals surface area contributed by atoms with Crippen LogP contribution in [-0.4, -0.2) is 10.9 Å². The third kappa shape index (κ3) is 4.27. The molecule has 0 radical (unpaired) electrons. The van der Waals surface area contributed by atoms with Gasteiger partial charge in [-0.15, -0.1) is 11.3 Å². The maximum atomic E-state index is 12.4. The normalized spacial score (nSPS) is 10.9. The van der Waals surface area contributed by atoms with E-state index in [-0.39, 0.29) is 12.3 Å². The Morgan fingerprint density at radius 3 is 2.64 bits per heavy atom. The topological polar surface area (TPSA) is 42.0 Å². The van der Waals surface area contributed by atoms with Crippen LogP contribution >= 0.6 is 22.9 Å². The van der Waals surface area contributed by atoms with Gasteiger partial charge in [-0.2, -0.15) is 0 Å². The van der Waals surface area contributed by atoms with E-state index in [0.717, 1.165) is 27.5 Å². The lowest BCUT2D eigenvalue weighted by Gasteiger charge is -2.13. The first kappa shape index (κ1) is 17.6. The molecule has 3 rings (SSSR count). The van der Waals surface area contributed by atoms with Crippen LogP contribution in [0, 0.1) is 0 Å². The van der Waals surface area contributed by atoms with Crippen LogP contribution in [0.15, 0.2) is 53.9 Å². The molecule has 3 nitrogen and oxygen atoms in total. The zero-order chi connectivity index (χ0) is 17.8. The zero-order valence-corrected chi connectivity index (χ0v) is 15.7. The molecule has 0 saturated carbocycles. The molecule has 1 amide bonds. The van der Waals surface area contributed by atoms with Gasteiger partial charge >= 0.3 is 0 Å². The van der Waals surface area contributed by atoms with Crippen molar-refractivity contribution in [2.24, 2.45) is 0 Å². The van der Waals surface area contributed by atoms with Crippen molar-refractivity contribution >= 4 is 34.5 Å². The summed E-state index contributed by atoms with van der Waals surface area (Å²) in [5, 5.41) is 6.40. The lowest BCUT2D eigenvalue weighted by molar-refractivity contribution is -0.115. The summed E-state index contributed by atoms with van der Waals surface area (Å²) in [5.41, 5.74) is 3.64. The van der Waals surface area contributed by atoms with Gasteiger partial charge in [0.15, 0.2) is 0 Å². The van der Waals surface area contributed by atoms with Crippen LogP contribution in [-0.2, 0) is 11.2 Å². The molecule has 0 bridgehead atoms. The number of nitrogens with one attached hydrogen (secondary N) is 1. The number of amides is 1. The monoisotopic (exact) mass is 370 g/mol. The molecule has 0 aliphatic carbocycles. The van der Waals surface area contributed by atoms with Gasteiger partial charge in [-0.1, -0.05) is 61.8 Å². The number of aromatic nitrogens is 1. The third-order valence-electron chi connectivity index (χ3n) is 3.85. The number of rotatable bonds is 5. The van der Waals surface area contributed by atoms with Gasteiger partial charge in [0.05, 0.1) is 17.1 Å². The fourth-order valence-electron chi connectivity index (χ4n) is 2.62. The molecule has 2 aromatic carbocycles. The molecular weight excluding hydrogens is 352 g/mol. The summed E-state index contributed by atoms with van der Waals surface area (Å²) < 4.78 is 0. The van der Waals surface area contributed by atoms with Gasteiger partial charge in [0.2, 0.25) is 5.91 Å². The van der Waals surface area contributed by atoms with Crippen LogP contribution in [0.5, 0.6) is 0 Å². The minimum absolute atomic E-state index is 0.0656. The molecule has 0 fully saturated rings. The van der Waals surface area contributed by atoms with Crippen LogP contribution in [0.2, 0.25) is 5.02 Å². The predicted octanol–water partition coefficient (Wildman–Crippen LogP) is 5.77. The summed E-state index contributed by atoms with van der Waals surface area (Å²) >= 11 is 7.71. The Morgan fingerprint density at radius 2 is 1.88 bits per heavy atom. The number of carbonyl (C=O) groups excluding carboxylic acids is 1. The highest BCUT2D eigenvalue weighted by molar-refractivity contribution is 7.13. The van der Waals surface area contributed by atoms with E-state index in [1.165, 1.54) is 11.3 Å². The van der Waals surface area contributed by atoms with Gasteiger partial charge in [-0.05, 0) is 23.6 Å². The fourth-order valence-corrected chi connectivity index (χ4v) is 3.76. The third-order valence-corrected chi connectivity index (χ3v) is 5.11. The average Bonchev–Trinajstić information content (AvgIpc) is 3.03. The molecule has 3 aromatic rings. The van der Waals surface area contributed by atoms with Crippen LogP contribution in [0.1, 0.15) is 31.0 Å². The number of hydrogen-bond donors (Lipinski definition) is 1. The number of carbonyl (C=O) groups is 1. The molecule has 0 saturated heterocycles. The lowest BCUT2D eigenvalue weighted by atomic mass is 10.0. The number of anilines is 1. The van der Waals surface area contributed by atoms with Crippen molar-refractivity contribution in [2.45, 2.75) is 26.2 Å². The van der Waals surface area contributed by atoms with Crippen LogP contribution in [0.3, 0.4) is 0 Å². The zero-order valence-electron chi connectivity index (χ0n) is 14.1. The molecule has 128 valence electrons. The minimum Gasteiger partial charge on any atom is -0.325 e. The molecule has 25 heavy (non-hydrogen) atoms. The van der Waals surface area contributed by atoms with E-state index in [1.807, 2.05) is 53.9 Å². The Hall–Kier alpha value is -2.17. The number of halogens is 1. The summed E-state index contributed by atoms with van der Waals surface area (Å²) in [4.78, 5) is 17.0. The summed E-state index contributed by atoms with van der Waals surface area (Å²) in [5.74, 6) is 0.284. The van der Waals surface area contributed by atoms with Gasteiger partial charge in [-0.25, -0.2) is 4.98 Å². The maximum absolute atomic E-state index is 12.4. The number of benzene rings is 2. The van der Waals surface area contributed by atoms with Crippen molar-refractivity contribution in [3.05, 3.63) is 70.2 Å². The highest BCUT2D eigenvalue weighted by Gasteiger charge is 2.13. The van der Waals surface area contributed by atoms with Crippen molar-refractivity contribution in [1.29, 1.82) is 0 Å². The van der Waals surface area contributed by atoms with Gasteiger partial charge in [0, 0.05) is 16.6 Å². The van der Waals surface area contributed by atoms with E-state index < -0.39 is 0 Å². The molecule has 1 heterocycles. The van der Waals surface area contributed by atoms with Gasteiger partial charge in [0.25, 0.3) is 0 Å². The standard InChI is InChI=1S/C20H19ClN2OS/c1-13(2)15-7-4-6-10-18(15)23-19(24)11-14-12-25-20(22-14)16-8-3-5-9-17(16)21/h3-10,12-13H,11H2,1-2H3,(H,23,24). The second kappa shape index (κ2) is 7.81. The highest BCUT2D eigenvalue weighted by atomic mass is 35.5. The molecule has 0 atom stereocenters. The lowest BCUT2D eigenvalue weighted by Crippen LogP contribution is -2.16. The van der Waals surface area contributed by atoms with Gasteiger partial charge in [0.1, 0.15) is 5.01 Å². The van der Waals surface area contributed by atoms with Crippen molar-refractivity contribution in [1.82, 2.24) is 4.98 Å². The predicted molar refractivity (Wildman–Crippen MR) is 105 cm³/mol. The maximum Gasteiger partial charge on any atom is 0.230 e. The van der Waals surface area contributed by atoms with E-state index >= 15 is 0 Å². The number of nitrogens with zero attached hydrogens (tertiary/aromatic N) is 1. The largest absolute Gasteiger partial charge is 0.325 e. The Morgan fingerprint density at radius 1 is 1.16 bits per heavy atom. The van der Waals surface area contributed by atoms with Crippen molar-refractivity contribution in [3.8, 4) is 10.6 Å². The summed E-state index contributed by atoms with van der Waals surface area (Å²) in [7, 11) is 0. The van der Waals surface area contributed by atoms with Crippen LogP contribution < -0.4 is 5.32 Å². The average molecular weight is 371 g/mol. The number of para-hydroxylation sites is 1. The minimum atomic E-state index is -0.0656. The Balaban J connectivity index is 1.72. The quantitative estimate of drug-likeness (QED) is 0.619. The van der Waals surface area contributed by atoms with E-state index in [0.29, 0.717) is 10.9 Å². The first-order valence-electron chi connectivity index (χ1n) is 8.12.